The predicted molar refractivity (Wildman–Crippen MR) is 136 cm³/mol. The summed E-state index contributed by atoms with van der Waals surface area (Å²) in [5.74, 6) is 0.297. The van der Waals surface area contributed by atoms with Gasteiger partial charge in [0.1, 0.15) is 19.0 Å². The SMILES string of the molecule is CCCCCOc1ccc(C2C(=C(O)c3ccc4c(c3)OCCO4)C(=O)C(=O)N2CCOC)cc1OC. The molecule has 1 amide bonds. The molecular formula is C28H33NO8. The number of fused-ring (bicyclic) bond motifs is 1. The van der Waals surface area contributed by atoms with Crippen LogP contribution < -0.4 is 18.9 Å². The number of aliphatic hydroxyl groups excluding tert-OH is 1. The number of rotatable bonds is 11. The molecule has 2 aliphatic heterocycles. The number of aliphatic hydroxyl groups is 1. The Bertz CT molecular complexity index is 1170. The van der Waals surface area contributed by atoms with Gasteiger partial charge in [0.25, 0.3) is 11.7 Å². The lowest BCUT2D eigenvalue weighted by Gasteiger charge is -2.26. The van der Waals surface area contributed by atoms with Gasteiger partial charge in [0, 0.05) is 19.2 Å². The van der Waals surface area contributed by atoms with Crippen LogP contribution in [0.15, 0.2) is 42.0 Å². The Morgan fingerprint density at radius 3 is 2.51 bits per heavy atom. The summed E-state index contributed by atoms with van der Waals surface area (Å²) in [6, 6.07) is 9.36. The molecule has 0 saturated carbocycles. The van der Waals surface area contributed by atoms with Gasteiger partial charge < -0.3 is 33.7 Å². The summed E-state index contributed by atoms with van der Waals surface area (Å²) >= 11 is 0. The van der Waals surface area contributed by atoms with Gasteiger partial charge in [-0.05, 0) is 42.3 Å². The van der Waals surface area contributed by atoms with Crippen LogP contribution in [0.3, 0.4) is 0 Å². The number of carbonyl (C=O) groups is 2. The Kier molecular flexibility index (Phi) is 8.55. The van der Waals surface area contributed by atoms with Crippen molar-refractivity contribution in [3.05, 3.63) is 53.1 Å². The van der Waals surface area contributed by atoms with Gasteiger partial charge in [-0.1, -0.05) is 25.8 Å². The molecule has 37 heavy (non-hydrogen) atoms. The molecule has 0 bridgehead atoms. The highest BCUT2D eigenvalue weighted by atomic mass is 16.6. The van der Waals surface area contributed by atoms with E-state index in [0.717, 1.165) is 19.3 Å². The molecule has 2 aromatic carbocycles. The molecular weight excluding hydrogens is 478 g/mol. The third kappa shape index (κ3) is 5.51. The maximum absolute atomic E-state index is 13.2. The molecule has 9 heteroatoms. The number of likely N-dealkylation sites (tertiary alicyclic amines) is 1. The molecule has 1 atom stereocenters. The largest absolute Gasteiger partial charge is 0.507 e. The van der Waals surface area contributed by atoms with E-state index in [2.05, 4.69) is 6.92 Å². The minimum atomic E-state index is -0.841. The number of hydrogen-bond donors (Lipinski definition) is 1. The second kappa shape index (κ2) is 12.0. The van der Waals surface area contributed by atoms with Crippen LogP contribution in [0.25, 0.3) is 5.76 Å². The highest BCUT2D eigenvalue weighted by molar-refractivity contribution is 6.46. The summed E-state index contributed by atoms with van der Waals surface area (Å²) in [5.41, 5.74) is 0.936. The third-order valence-electron chi connectivity index (χ3n) is 6.40. The number of carbonyl (C=O) groups excluding carboxylic acids is 2. The quantitative estimate of drug-likeness (QED) is 0.208. The second-order valence-corrected chi connectivity index (χ2v) is 8.81. The molecule has 1 N–H and O–H groups in total. The Labute approximate surface area is 216 Å². The predicted octanol–water partition coefficient (Wildman–Crippen LogP) is 4.10. The second-order valence-electron chi connectivity index (χ2n) is 8.81. The fraction of sp³-hybridized carbons (Fsp3) is 0.429. The van der Waals surface area contributed by atoms with E-state index in [9.17, 15) is 14.7 Å². The lowest BCUT2D eigenvalue weighted by atomic mass is 9.94. The number of ether oxygens (including phenoxy) is 5. The van der Waals surface area contributed by atoms with Crippen molar-refractivity contribution in [3.8, 4) is 23.0 Å². The minimum Gasteiger partial charge on any atom is -0.507 e. The standard InChI is InChI=1S/C28H33NO8/c1-4-5-6-12-35-20-9-7-18(16-22(20)34-3)25-24(27(31)28(32)29(25)11-13-33-2)26(30)19-8-10-21-23(17-19)37-15-14-36-21/h7-10,16-17,25,30H,4-6,11-15H2,1-3H3. The smallest absolute Gasteiger partial charge is 0.295 e. The van der Waals surface area contributed by atoms with E-state index in [0.29, 0.717) is 53.9 Å². The van der Waals surface area contributed by atoms with Gasteiger partial charge in [-0.25, -0.2) is 0 Å². The average Bonchev–Trinajstić information content (AvgIpc) is 3.18. The Balaban J connectivity index is 1.75. The van der Waals surface area contributed by atoms with Crippen LogP contribution in [0, 0.1) is 0 Å². The number of Topliss-reactive ketones (excluding diaryl/α,β-unsaturated/α-hetero) is 1. The van der Waals surface area contributed by atoms with Crippen LogP contribution in [-0.2, 0) is 14.3 Å². The van der Waals surface area contributed by atoms with Crippen molar-refractivity contribution >= 4 is 17.4 Å². The molecule has 0 radical (unpaired) electrons. The van der Waals surface area contributed by atoms with Crippen molar-refractivity contribution in [1.82, 2.24) is 4.90 Å². The van der Waals surface area contributed by atoms with E-state index in [1.807, 2.05) is 0 Å². The molecule has 1 saturated heterocycles. The fourth-order valence-corrected chi connectivity index (χ4v) is 4.50. The van der Waals surface area contributed by atoms with Crippen LogP contribution in [0.2, 0.25) is 0 Å². The molecule has 4 rings (SSSR count). The first-order valence-electron chi connectivity index (χ1n) is 12.5. The number of hydrogen-bond acceptors (Lipinski definition) is 8. The monoisotopic (exact) mass is 511 g/mol. The maximum Gasteiger partial charge on any atom is 0.295 e. The van der Waals surface area contributed by atoms with Crippen molar-refractivity contribution in [2.45, 2.75) is 32.2 Å². The van der Waals surface area contributed by atoms with Crippen LogP contribution in [0.1, 0.15) is 43.4 Å². The van der Waals surface area contributed by atoms with E-state index < -0.39 is 17.7 Å². The van der Waals surface area contributed by atoms with Crippen LogP contribution in [0.5, 0.6) is 23.0 Å². The lowest BCUT2D eigenvalue weighted by Crippen LogP contribution is -2.32. The molecule has 0 spiro atoms. The van der Waals surface area contributed by atoms with Gasteiger partial charge in [-0.2, -0.15) is 0 Å². The molecule has 0 aromatic heterocycles. The van der Waals surface area contributed by atoms with Crippen LogP contribution >= 0.6 is 0 Å². The fourth-order valence-electron chi connectivity index (χ4n) is 4.50. The molecule has 0 aliphatic carbocycles. The summed E-state index contributed by atoms with van der Waals surface area (Å²) in [4.78, 5) is 27.7. The maximum atomic E-state index is 13.2. The van der Waals surface area contributed by atoms with Gasteiger partial charge in [-0.15, -0.1) is 0 Å². The van der Waals surface area contributed by atoms with Gasteiger partial charge in [-0.3, -0.25) is 9.59 Å². The summed E-state index contributed by atoms with van der Waals surface area (Å²) in [6.07, 6.45) is 3.07. The van der Waals surface area contributed by atoms with E-state index in [4.69, 9.17) is 23.7 Å². The van der Waals surface area contributed by atoms with Crippen LogP contribution in [0.4, 0.5) is 0 Å². The van der Waals surface area contributed by atoms with E-state index in [1.54, 1.807) is 36.4 Å². The zero-order valence-corrected chi connectivity index (χ0v) is 21.5. The van der Waals surface area contributed by atoms with E-state index in [-0.39, 0.29) is 24.5 Å². The lowest BCUT2D eigenvalue weighted by molar-refractivity contribution is -0.140. The van der Waals surface area contributed by atoms with Crippen molar-refractivity contribution in [1.29, 1.82) is 0 Å². The Morgan fingerprint density at radius 2 is 1.78 bits per heavy atom. The third-order valence-corrected chi connectivity index (χ3v) is 6.40. The van der Waals surface area contributed by atoms with Gasteiger partial charge in [0.05, 0.1) is 31.9 Å². The Hall–Kier alpha value is -3.72. The molecule has 2 aromatic rings. The van der Waals surface area contributed by atoms with E-state index >= 15 is 0 Å². The number of unbranched alkanes of at least 4 members (excludes halogenated alkanes) is 2. The molecule has 9 nitrogen and oxygen atoms in total. The first-order valence-corrected chi connectivity index (χ1v) is 12.5. The summed E-state index contributed by atoms with van der Waals surface area (Å²) in [6.45, 7) is 3.89. The number of methoxy groups -OCH3 is 2. The zero-order chi connectivity index (χ0) is 26.4. The van der Waals surface area contributed by atoms with Gasteiger partial charge >= 0.3 is 0 Å². The average molecular weight is 512 g/mol. The molecule has 2 aliphatic rings. The normalized spacial score (nSPS) is 18.2. The summed E-state index contributed by atoms with van der Waals surface area (Å²) < 4.78 is 27.8. The number of amides is 1. The molecule has 2 heterocycles. The first-order chi connectivity index (χ1) is 18.0. The summed E-state index contributed by atoms with van der Waals surface area (Å²) in [5, 5.41) is 11.3. The molecule has 1 fully saturated rings. The topological polar surface area (TPSA) is 104 Å². The first kappa shape index (κ1) is 26.3. The zero-order valence-electron chi connectivity index (χ0n) is 21.5. The van der Waals surface area contributed by atoms with Crippen molar-refractivity contribution < 1.29 is 38.4 Å². The van der Waals surface area contributed by atoms with Crippen molar-refractivity contribution in [2.75, 3.05) is 47.2 Å². The van der Waals surface area contributed by atoms with Crippen molar-refractivity contribution in [2.24, 2.45) is 0 Å². The van der Waals surface area contributed by atoms with E-state index in [1.165, 1.54) is 19.1 Å². The highest BCUT2D eigenvalue weighted by Gasteiger charge is 2.46. The number of benzene rings is 2. The Morgan fingerprint density at radius 1 is 1.00 bits per heavy atom. The molecule has 198 valence electrons. The number of ketones is 1. The van der Waals surface area contributed by atoms with Gasteiger partial charge in [0.2, 0.25) is 0 Å². The highest BCUT2D eigenvalue weighted by Crippen LogP contribution is 2.43. The van der Waals surface area contributed by atoms with Crippen molar-refractivity contribution in [3.63, 3.8) is 0 Å². The molecule has 1 unspecified atom stereocenters. The summed E-state index contributed by atoms with van der Waals surface area (Å²) in [7, 11) is 3.06. The number of nitrogens with zero attached hydrogens (tertiary/aromatic N) is 1. The minimum absolute atomic E-state index is 0.0172. The van der Waals surface area contributed by atoms with Gasteiger partial charge in [0.15, 0.2) is 23.0 Å². The van der Waals surface area contributed by atoms with Crippen LogP contribution in [-0.4, -0.2) is 68.9 Å².